The van der Waals surface area contributed by atoms with Crippen LogP contribution in [-0.4, -0.2) is 23.8 Å². The van der Waals surface area contributed by atoms with E-state index < -0.39 is 23.4 Å². The van der Waals surface area contributed by atoms with Crippen molar-refractivity contribution in [2.75, 3.05) is 12.4 Å². The van der Waals surface area contributed by atoms with Crippen LogP contribution in [0.5, 0.6) is 0 Å². The van der Waals surface area contributed by atoms with Gasteiger partial charge in [-0.25, -0.2) is 13.2 Å². The minimum Gasteiger partial charge on any atom is -0.337 e. The zero-order valence-corrected chi connectivity index (χ0v) is 16.4. The molecule has 3 aromatic carbocycles. The second-order valence-corrected chi connectivity index (χ2v) is 6.87. The molecule has 0 heterocycles. The summed E-state index contributed by atoms with van der Waals surface area (Å²) in [5, 5.41) is 2.62. The minimum absolute atomic E-state index is 0.0703. The Morgan fingerprint density at radius 3 is 2.33 bits per heavy atom. The lowest BCUT2D eigenvalue weighted by atomic mass is 10.1. The van der Waals surface area contributed by atoms with Gasteiger partial charge >= 0.3 is 0 Å². The topological polar surface area (TPSA) is 49.4 Å². The van der Waals surface area contributed by atoms with Gasteiger partial charge in [0, 0.05) is 24.8 Å². The monoisotopic (exact) mass is 412 g/mol. The Kier molecular flexibility index (Phi) is 6.20. The first-order valence-corrected chi connectivity index (χ1v) is 9.12. The van der Waals surface area contributed by atoms with E-state index in [9.17, 15) is 22.8 Å². The molecule has 0 bridgehead atoms. The number of amides is 2. The number of nitrogens with zero attached hydrogens (tertiary/aromatic N) is 1. The van der Waals surface area contributed by atoms with Crippen LogP contribution in [0, 0.1) is 24.4 Å². The fourth-order valence-corrected chi connectivity index (χ4v) is 2.93. The average Bonchev–Trinajstić information content (AvgIpc) is 2.72. The maximum absolute atomic E-state index is 13.8. The Morgan fingerprint density at radius 1 is 0.900 bits per heavy atom. The van der Waals surface area contributed by atoms with Crippen molar-refractivity contribution in [3.05, 3.63) is 100 Å². The molecule has 0 radical (unpaired) electrons. The lowest BCUT2D eigenvalue weighted by Gasteiger charge is -2.18. The van der Waals surface area contributed by atoms with Crippen molar-refractivity contribution >= 4 is 17.5 Å². The van der Waals surface area contributed by atoms with Crippen LogP contribution in [-0.2, 0) is 6.54 Å². The van der Waals surface area contributed by atoms with Gasteiger partial charge in [0.05, 0.1) is 5.56 Å². The van der Waals surface area contributed by atoms with Crippen LogP contribution in [0.3, 0.4) is 0 Å². The van der Waals surface area contributed by atoms with E-state index in [4.69, 9.17) is 0 Å². The molecule has 0 fully saturated rings. The smallest absolute Gasteiger partial charge is 0.258 e. The van der Waals surface area contributed by atoms with Crippen molar-refractivity contribution in [3.63, 3.8) is 0 Å². The molecule has 7 heteroatoms. The van der Waals surface area contributed by atoms with Crippen molar-refractivity contribution in [1.29, 1.82) is 0 Å². The number of halogens is 3. The molecule has 30 heavy (non-hydrogen) atoms. The van der Waals surface area contributed by atoms with E-state index in [0.717, 1.165) is 12.1 Å². The highest BCUT2D eigenvalue weighted by molar-refractivity contribution is 6.05. The molecule has 0 unspecified atom stereocenters. The Bertz CT molecular complexity index is 1120. The van der Waals surface area contributed by atoms with Crippen LogP contribution in [0.15, 0.2) is 60.7 Å². The summed E-state index contributed by atoms with van der Waals surface area (Å²) in [4.78, 5) is 26.5. The van der Waals surface area contributed by atoms with Crippen molar-refractivity contribution in [1.82, 2.24) is 4.90 Å². The van der Waals surface area contributed by atoms with Gasteiger partial charge in [-0.2, -0.15) is 0 Å². The van der Waals surface area contributed by atoms with Gasteiger partial charge in [-0.3, -0.25) is 9.59 Å². The predicted molar refractivity (Wildman–Crippen MR) is 108 cm³/mol. The summed E-state index contributed by atoms with van der Waals surface area (Å²) >= 11 is 0. The molecule has 4 nitrogen and oxygen atoms in total. The molecule has 1 N–H and O–H groups in total. The molecule has 0 aliphatic carbocycles. The average molecular weight is 412 g/mol. The minimum atomic E-state index is -0.984. The van der Waals surface area contributed by atoms with E-state index in [1.54, 1.807) is 25.1 Å². The van der Waals surface area contributed by atoms with Gasteiger partial charge in [-0.15, -0.1) is 0 Å². The molecular weight excluding hydrogens is 393 g/mol. The predicted octanol–water partition coefficient (Wildman–Crippen LogP) is 4.94. The number of benzene rings is 3. The third-order valence-electron chi connectivity index (χ3n) is 4.60. The lowest BCUT2D eigenvalue weighted by Crippen LogP contribution is -2.26. The van der Waals surface area contributed by atoms with Gasteiger partial charge in [0.15, 0.2) is 11.6 Å². The Morgan fingerprint density at radius 2 is 1.63 bits per heavy atom. The number of anilines is 1. The normalized spacial score (nSPS) is 10.6. The summed E-state index contributed by atoms with van der Waals surface area (Å²) in [5.74, 6) is -3.59. The molecule has 0 atom stereocenters. The van der Waals surface area contributed by atoms with Gasteiger partial charge in [-0.1, -0.05) is 24.3 Å². The standard InChI is InChI=1S/C23H19F3N2O2/c1-14-7-9-16(12-21(14)27-22(29)17-5-3-4-6-18(17)24)23(30)28(2)13-15-8-10-19(25)20(26)11-15/h3-12H,13H2,1-2H3,(H,27,29). The SMILES string of the molecule is Cc1ccc(C(=O)N(C)Cc2ccc(F)c(F)c2)cc1NC(=O)c1ccccc1F. The van der Waals surface area contributed by atoms with Crippen LogP contribution in [0.25, 0.3) is 0 Å². The zero-order valence-electron chi connectivity index (χ0n) is 16.4. The maximum Gasteiger partial charge on any atom is 0.258 e. The number of aryl methyl sites for hydroxylation is 1. The van der Waals surface area contributed by atoms with E-state index in [2.05, 4.69) is 5.32 Å². The Balaban J connectivity index is 1.78. The molecule has 3 aromatic rings. The fourth-order valence-electron chi connectivity index (χ4n) is 2.93. The Labute approximate surface area is 171 Å². The number of hydrogen-bond acceptors (Lipinski definition) is 2. The van der Waals surface area contributed by atoms with Gasteiger partial charge in [0.1, 0.15) is 5.82 Å². The second kappa shape index (κ2) is 8.82. The van der Waals surface area contributed by atoms with E-state index in [1.807, 2.05) is 0 Å². The molecule has 3 rings (SSSR count). The van der Waals surface area contributed by atoms with E-state index >= 15 is 0 Å². The summed E-state index contributed by atoms with van der Waals surface area (Å²) in [5.41, 5.74) is 1.68. The number of rotatable bonds is 5. The molecule has 0 saturated heterocycles. The van der Waals surface area contributed by atoms with E-state index in [-0.39, 0.29) is 23.6 Å². The van der Waals surface area contributed by atoms with Crippen molar-refractivity contribution < 1.29 is 22.8 Å². The first-order chi connectivity index (χ1) is 14.3. The van der Waals surface area contributed by atoms with E-state index in [0.29, 0.717) is 16.8 Å². The van der Waals surface area contributed by atoms with Crippen LogP contribution >= 0.6 is 0 Å². The first-order valence-electron chi connectivity index (χ1n) is 9.12. The number of hydrogen-bond donors (Lipinski definition) is 1. The zero-order chi connectivity index (χ0) is 21.8. The highest BCUT2D eigenvalue weighted by Gasteiger charge is 2.17. The van der Waals surface area contributed by atoms with Crippen molar-refractivity contribution in [2.24, 2.45) is 0 Å². The van der Waals surface area contributed by atoms with Crippen LogP contribution in [0.2, 0.25) is 0 Å². The molecule has 2 amide bonds. The Hall–Kier alpha value is -3.61. The summed E-state index contributed by atoms with van der Waals surface area (Å²) in [6, 6.07) is 13.8. The number of carbonyl (C=O) groups excluding carboxylic acids is 2. The first kappa shape index (κ1) is 21.1. The van der Waals surface area contributed by atoms with E-state index in [1.165, 1.54) is 42.3 Å². The van der Waals surface area contributed by atoms with Gasteiger partial charge < -0.3 is 10.2 Å². The second-order valence-electron chi connectivity index (χ2n) is 6.87. The highest BCUT2D eigenvalue weighted by atomic mass is 19.2. The molecule has 0 saturated carbocycles. The molecule has 0 aliphatic rings. The van der Waals surface area contributed by atoms with Gasteiger partial charge in [0.2, 0.25) is 0 Å². The van der Waals surface area contributed by atoms with Gasteiger partial charge in [-0.05, 0) is 54.4 Å². The van der Waals surface area contributed by atoms with Crippen LogP contribution in [0.4, 0.5) is 18.9 Å². The molecule has 154 valence electrons. The van der Waals surface area contributed by atoms with Gasteiger partial charge in [0.25, 0.3) is 11.8 Å². The quantitative estimate of drug-likeness (QED) is 0.646. The summed E-state index contributed by atoms with van der Waals surface area (Å²) in [6.45, 7) is 1.82. The number of carbonyl (C=O) groups is 2. The number of nitrogens with one attached hydrogen (secondary N) is 1. The molecule has 0 aliphatic heterocycles. The summed E-state index contributed by atoms with van der Waals surface area (Å²) in [6.07, 6.45) is 0. The third kappa shape index (κ3) is 4.68. The van der Waals surface area contributed by atoms with Crippen molar-refractivity contribution in [2.45, 2.75) is 13.5 Å². The molecular formula is C23H19F3N2O2. The summed E-state index contributed by atoms with van der Waals surface area (Å²) < 4.78 is 40.3. The van der Waals surface area contributed by atoms with Crippen molar-refractivity contribution in [3.8, 4) is 0 Å². The third-order valence-corrected chi connectivity index (χ3v) is 4.60. The lowest BCUT2D eigenvalue weighted by molar-refractivity contribution is 0.0784. The maximum atomic E-state index is 13.8. The van der Waals surface area contributed by atoms with Crippen LogP contribution < -0.4 is 5.32 Å². The molecule has 0 spiro atoms. The van der Waals surface area contributed by atoms with Crippen LogP contribution in [0.1, 0.15) is 31.8 Å². The highest BCUT2D eigenvalue weighted by Crippen LogP contribution is 2.20. The fraction of sp³-hybridized carbons (Fsp3) is 0.130. The summed E-state index contributed by atoms with van der Waals surface area (Å²) in [7, 11) is 1.53. The largest absolute Gasteiger partial charge is 0.337 e. The molecule has 0 aromatic heterocycles.